The molecule has 0 aliphatic heterocycles. The van der Waals surface area contributed by atoms with Crippen molar-refractivity contribution in [2.75, 3.05) is 6.73 Å². The van der Waals surface area contributed by atoms with Crippen LogP contribution in [0, 0.1) is 11.8 Å². The lowest BCUT2D eigenvalue weighted by Crippen LogP contribution is -2.29. The molecule has 25 heavy (non-hydrogen) atoms. The van der Waals surface area contributed by atoms with E-state index in [2.05, 4.69) is 43.7 Å². The number of ether oxygens (including phenoxy) is 1. The van der Waals surface area contributed by atoms with Gasteiger partial charge in [-0.05, 0) is 30.7 Å². The third-order valence-corrected chi connectivity index (χ3v) is 5.29. The van der Waals surface area contributed by atoms with Crippen LogP contribution in [0.2, 0.25) is 0 Å². The molecule has 0 saturated heterocycles. The summed E-state index contributed by atoms with van der Waals surface area (Å²) in [5.41, 5.74) is 2.60. The third-order valence-electron chi connectivity index (χ3n) is 5.29. The summed E-state index contributed by atoms with van der Waals surface area (Å²) in [5.74, 6) is 2.30. The molecule has 3 heterocycles. The van der Waals surface area contributed by atoms with Gasteiger partial charge in [0.05, 0.1) is 11.7 Å². The van der Waals surface area contributed by atoms with Crippen molar-refractivity contribution in [2.45, 2.75) is 38.6 Å². The fourth-order valence-corrected chi connectivity index (χ4v) is 4.11. The first-order chi connectivity index (χ1) is 12.2. The van der Waals surface area contributed by atoms with Gasteiger partial charge in [0.1, 0.15) is 12.6 Å². The number of hydrogen-bond donors (Lipinski definition) is 2. The molecule has 3 aromatic rings. The van der Waals surface area contributed by atoms with Crippen molar-refractivity contribution in [1.29, 1.82) is 0 Å². The Bertz CT molecular complexity index is 886. The summed E-state index contributed by atoms with van der Waals surface area (Å²) >= 11 is 0. The minimum atomic E-state index is 0.248. The molecule has 1 aliphatic rings. The fraction of sp³-hybridized carbons (Fsp3) is 0.529. The highest BCUT2D eigenvalue weighted by Gasteiger charge is 2.39. The molecule has 0 bridgehead atoms. The molecule has 0 aromatic carbocycles. The average molecular weight is 342 g/mol. The lowest BCUT2D eigenvalue weighted by atomic mass is 9.85. The lowest BCUT2D eigenvalue weighted by molar-refractivity contribution is -0.129. The molecular formula is C17H22N6O2. The molecule has 0 unspecified atom stereocenters. The molecule has 2 N–H and O–H groups in total. The van der Waals surface area contributed by atoms with Crippen molar-refractivity contribution < 1.29 is 9.53 Å². The van der Waals surface area contributed by atoms with E-state index in [0.717, 1.165) is 35.5 Å². The van der Waals surface area contributed by atoms with E-state index >= 15 is 0 Å². The van der Waals surface area contributed by atoms with Crippen LogP contribution in [0.4, 0.5) is 0 Å². The number of nitrogens with zero attached hydrogens (tertiary/aromatic N) is 4. The van der Waals surface area contributed by atoms with Gasteiger partial charge in [-0.3, -0.25) is 14.5 Å². The Kier molecular flexibility index (Phi) is 4.12. The first-order valence-electron chi connectivity index (χ1n) is 8.64. The summed E-state index contributed by atoms with van der Waals surface area (Å²) in [5, 5.41) is 12.2. The van der Waals surface area contributed by atoms with E-state index in [9.17, 15) is 4.79 Å². The molecule has 1 saturated carbocycles. The smallest absolute Gasteiger partial charge is 0.294 e. The van der Waals surface area contributed by atoms with Crippen LogP contribution in [-0.4, -0.2) is 43.8 Å². The number of carbonyl (C=O) groups is 1. The van der Waals surface area contributed by atoms with Gasteiger partial charge in [0.25, 0.3) is 6.47 Å². The molecular weight excluding hydrogens is 320 g/mol. The van der Waals surface area contributed by atoms with Crippen molar-refractivity contribution in [2.24, 2.45) is 11.8 Å². The predicted molar refractivity (Wildman–Crippen MR) is 91.9 cm³/mol. The second-order valence-electron chi connectivity index (χ2n) is 7.02. The summed E-state index contributed by atoms with van der Waals surface area (Å²) in [7, 11) is 0. The SMILES string of the molecule is CC(C)[C@@H]1C[C@H](NCOC=O)C[C@H]1c1nnc2cnc3[nH]ccc3n12. The van der Waals surface area contributed by atoms with Gasteiger partial charge in [-0.1, -0.05) is 13.8 Å². The van der Waals surface area contributed by atoms with Gasteiger partial charge in [-0.25, -0.2) is 4.98 Å². The molecule has 0 radical (unpaired) electrons. The number of H-pyrrole nitrogens is 1. The number of aromatic amines is 1. The zero-order valence-electron chi connectivity index (χ0n) is 14.3. The van der Waals surface area contributed by atoms with E-state index in [0.29, 0.717) is 30.3 Å². The van der Waals surface area contributed by atoms with Gasteiger partial charge in [-0.2, -0.15) is 0 Å². The average Bonchev–Trinajstić information content (AvgIpc) is 3.31. The van der Waals surface area contributed by atoms with Gasteiger partial charge >= 0.3 is 0 Å². The minimum Gasteiger partial charge on any atom is -0.452 e. The fourth-order valence-electron chi connectivity index (χ4n) is 4.11. The third kappa shape index (κ3) is 2.76. The molecule has 8 heteroatoms. The minimum absolute atomic E-state index is 0.248. The molecule has 0 amide bonds. The zero-order chi connectivity index (χ0) is 17.4. The highest BCUT2D eigenvalue weighted by Crippen LogP contribution is 2.43. The normalized spacial score (nSPS) is 23.7. The standard InChI is InChI=1S/C17H22N6O2/c1-10(2)12-5-11(20-8-25-9-24)6-13(12)17-22-21-15-7-19-16-14(23(15)17)3-4-18-16/h3-4,7,9-13,18,20H,5-6,8H2,1-2H3/t11-,12-,13+/m0/s1. The highest BCUT2D eigenvalue weighted by atomic mass is 16.5. The van der Waals surface area contributed by atoms with E-state index in [1.807, 2.05) is 12.3 Å². The summed E-state index contributed by atoms with van der Waals surface area (Å²) in [4.78, 5) is 17.9. The molecule has 0 spiro atoms. The van der Waals surface area contributed by atoms with Crippen molar-refractivity contribution in [1.82, 2.24) is 29.9 Å². The second-order valence-corrected chi connectivity index (χ2v) is 7.02. The first kappa shape index (κ1) is 16.0. The Hall–Kier alpha value is -2.48. The van der Waals surface area contributed by atoms with Crippen molar-refractivity contribution in [3.63, 3.8) is 0 Å². The molecule has 1 aliphatic carbocycles. The van der Waals surface area contributed by atoms with E-state index in [-0.39, 0.29) is 6.73 Å². The van der Waals surface area contributed by atoms with Crippen LogP contribution in [0.25, 0.3) is 16.8 Å². The van der Waals surface area contributed by atoms with Crippen molar-refractivity contribution in [3.8, 4) is 0 Å². The quantitative estimate of drug-likeness (QED) is 0.403. The lowest BCUT2D eigenvalue weighted by Gasteiger charge is -2.21. The van der Waals surface area contributed by atoms with Gasteiger partial charge in [0.2, 0.25) is 0 Å². The van der Waals surface area contributed by atoms with Crippen LogP contribution in [0.5, 0.6) is 0 Å². The summed E-state index contributed by atoms with van der Waals surface area (Å²) in [6.07, 6.45) is 5.61. The maximum Gasteiger partial charge on any atom is 0.294 e. The Morgan fingerprint density at radius 2 is 2.32 bits per heavy atom. The monoisotopic (exact) mass is 342 g/mol. The van der Waals surface area contributed by atoms with Crippen LogP contribution in [0.15, 0.2) is 18.5 Å². The number of carbonyl (C=O) groups excluding carboxylic acids is 1. The topological polar surface area (TPSA) is 97.2 Å². The Labute approximate surface area is 145 Å². The maximum absolute atomic E-state index is 10.4. The van der Waals surface area contributed by atoms with E-state index in [1.54, 1.807) is 6.20 Å². The van der Waals surface area contributed by atoms with Gasteiger partial charge < -0.3 is 9.72 Å². The van der Waals surface area contributed by atoms with Crippen LogP contribution in [0.1, 0.15) is 38.4 Å². The van der Waals surface area contributed by atoms with Gasteiger partial charge in [0.15, 0.2) is 11.3 Å². The van der Waals surface area contributed by atoms with Gasteiger partial charge in [0, 0.05) is 18.2 Å². The predicted octanol–water partition coefficient (Wildman–Crippen LogP) is 1.84. The van der Waals surface area contributed by atoms with Crippen molar-refractivity contribution in [3.05, 3.63) is 24.3 Å². The first-order valence-corrected chi connectivity index (χ1v) is 8.64. The Morgan fingerprint density at radius 3 is 3.12 bits per heavy atom. The Morgan fingerprint density at radius 1 is 1.44 bits per heavy atom. The second kappa shape index (κ2) is 6.44. The summed E-state index contributed by atoms with van der Waals surface area (Å²) in [6.45, 7) is 5.22. The molecule has 3 atom stereocenters. The number of rotatable bonds is 6. The van der Waals surface area contributed by atoms with Crippen molar-refractivity contribution >= 4 is 23.3 Å². The van der Waals surface area contributed by atoms with Gasteiger partial charge in [-0.15, -0.1) is 10.2 Å². The van der Waals surface area contributed by atoms with Crippen LogP contribution in [0.3, 0.4) is 0 Å². The molecule has 3 aromatic heterocycles. The maximum atomic E-state index is 10.4. The van der Waals surface area contributed by atoms with E-state index < -0.39 is 0 Å². The summed E-state index contributed by atoms with van der Waals surface area (Å²) in [6, 6.07) is 2.31. The largest absolute Gasteiger partial charge is 0.452 e. The number of hydrogen-bond acceptors (Lipinski definition) is 6. The van der Waals surface area contributed by atoms with Crippen LogP contribution >= 0.6 is 0 Å². The molecule has 132 valence electrons. The molecule has 1 fully saturated rings. The Balaban J connectivity index is 1.70. The molecule has 8 nitrogen and oxygen atoms in total. The molecule has 4 rings (SSSR count). The van der Waals surface area contributed by atoms with Crippen LogP contribution in [-0.2, 0) is 9.53 Å². The van der Waals surface area contributed by atoms with E-state index in [4.69, 9.17) is 4.74 Å². The highest BCUT2D eigenvalue weighted by molar-refractivity contribution is 5.74. The van der Waals surface area contributed by atoms with E-state index in [1.165, 1.54) is 0 Å². The number of nitrogens with one attached hydrogen (secondary N) is 2. The summed E-state index contributed by atoms with van der Waals surface area (Å²) < 4.78 is 6.91. The zero-order valence-corrected chi connectivity index (χ0v) is 14.3. The number of fused-ring (bicyclic) bond motifs is 3. The van der Waals surface area contributed by atoms with Crippen LogP contribution < -0.4 is 5.32 Å². The number of aromatic nitrogens is 5.